The van der Waals surface area contributed by atoms with E-state index in [1.165, 1.54) is 0 Å². The van der Waals surface area contributed by atoms with Crippen molar-refractivity contribution in [3.05, 3.63) is 31.7 Å². The van der Waals surface area contributed by atoms with Crippen LogP contribution in [0.15, 0.2) is 15.0 Å². The van der Waals surface area contributed by atoms with Crippen LogP contribution in [0.3, 0.4) is 0 Å². The summed E-state index contributed by atoms with van der Waals surface area (Å²) in [6.07, 6.45) is 0.778. The van der Waals surface area contributed by atoms with E-state index in [0.717, 1.165) is 32.1 Å². The number of ether oxygens (including phenoxy) is 1. The third-order valence-corrected chi connectivity index (χ3v) is 4.24. The molecule has 0 amide bonds. The first-order chi connectivity index (χ1) is 7.11. The zero-order valence-electron chi connectivity index (χ0n) is 8.27. The second-order valence-electron chi connectivity index (χ2n) is 3.57. The summed E-state index contributed by atoms with van der Waals surface area (Å²) in [5, 5.41) is 0. The van der Waals surface area contributed by atoms with Crippen molar-refractivity contribution in [2.24, 2.45) is 0 Å². The maximum atomic E-state index is 11.9. The van der Waals surface area contributed by atoms with Gasteiger partial charge in [-0.15, -0.1) is 0 Å². The molecule has 0 spiro atoms. The normalized spacial score (nSPS) is 16.1. The lowest BCUT2D eigenvalue weighted by Gasteiger charge is -2.11. The number of aryl methyl sites for hydroxylation is 1. The van der Waals surface area contributed by atoms with Gasteiger partial charge in [-0.1, -0.05) is 15.9 Å². The Labute approximate surface area is 105 Å². The maximum absolute atomic E-state index is 11.9. The summed E-state index contributed by atoms with van der Waals surface area (Å²) in [4.78, 5) is 11.9. The standard InChI is InChI=1S/C11H10Br2O2/c1-6-4-8(12)7-2-3-15-5-9(14)10(7)11(6)13/h4H,2-3,5H2,1H3. The van der Waals surface area contributed by atoms with Gasteiger partial charge in [-0.25, -0.2) is 0 Å². The monoisotopic (exact) mass is 332 g/mol. The van der Waals surface area contributed by atoms with Crippen LogP contribution >= 0.6 is 31.9 Å². The molecule has 1 aliphatic rings. The van der Waals surface area contributed by atoms with Crippen LogP contribution in [0.5, 0.6) is 0 Å². The third kappa shape index (κ3) is 2.03. The lowest BCUT2D eigenvalue weighted by Crippen LogP contribution is -2.08. The Hall–Kier alpha value is -0.190. The van der Waals surface area contributed by atoms with Crippen LogP contribution in [0, 0.1) is 6.92 Å². The minimum absolute atomic E-state index is 0.0544. The SMILES string of the molecule is Cc1cc(Br)c2c(c1Br)C(=O)COCC2. The van der Waals surface area contributed by atoms with Gasteiger partial charge in [0.15, 0.2) is 5.78 Å². The van der Waals surface area contributed by atoms with Crippen LogP contribution in [0.2, 0.25) is 0 Å². The van der Waals surface area contributed by atoms with E-state index in [2.05, 4.69) is 31.9 Å². The van der Waals surface area contributed by atoms with Crippen molar-refractivity contribution in [2.75, 3.05) is 13.2 Å². The number of halogens is 2. The fourth-order valence-corrected chi connectivity index (χ4v) is 3.05. The average molecular weight is 334 g/mol. The first kappa shape index (κ1) is 11.3. The van der Waals surface area contributed by atoms with Crippen molar-refractivity contribution in [3.63, 3.8) is 0 Å². The van der Waals surface area contributed by atoms with Crippen LogP contribution in [0.1, 0.15) is 21.5 Å². The number of ketones is 1. The molecule has 4 heteroatoms. The highest BCUT2D eigenvalue weighted by Crippen LogP contribution is 2.32. The topological polar surface area (TPSA) is 26.3 Å². The number of benzene rings is 1. The highest BCUT2D eigenvalue weighted by atomic mass is 79.9. The molecule has 1 aromatic rings. The van der Waals surface area contributed by atoms with Gasteiger partial charge in [-0.05, 0) is 46.5 Å². The lowest BCUT2D eigenvalue weighted by atomic mass is 10.00. The Bertz CT molecular complexity index is 427. The molecule has 0 saturated carbocycles. The van der Waals surface area contributed by atoms with Gasteiger partial charge in [0.1, 0.15) is 6.61 Å². The molecule has 0 N–H and O–H groups in total. The van der Waals surface area contributed by atoms with E-state index in [1.807, 2.05) is 13.0 Å². The summed E-state index contributed by atoms with van der Waals surface area (Å²) in [6, 6.07) is 2.03. The number of rotatable bonds is 0. The second kappa shape index (κ2) is 4.36. The molecule has 0 aliphatic carbocycles. The van der Waals surface area contributed by atoms with E-state index in [0.29, 0.717) is 6.61 Å². The first-order valence-corrected chi connectivity index (χ1v) is 6.28. The fraction of sp³-hybridized carbons (Fsp3) is 0.364. The molecule has 0 saturated heterocycles. The van der Waals surface area contributed by atoms with E-state index in [1.54, 1.807) is 0 Å². The molecule has 2 nitrogen and oxygen atoms in total. The second-order valence-corrected chi connectivity index (χ2v) is 5.22. The molecule has 80 valence electrons. The Morgan fingerprint density at radius 1 is 1.40 bits per heavy atom. The molecule has 1 aromatic carbocycles. The molecule has 0 radical (unpaired) electrons. The Kier molecular flexibility index (Phi) is 3.28. The summed E-state index contributed by atoms with van der Waals surface area (Å²) in [7, 11) is 0. The number of hydrogen-bond acceptors (Lipinski definition) is 2. The average Bonchev–Trinajstić information content (AvgIpc) is 2.37. The Balaban J connectivity index is 2.69. The molecule has 2 rings (SSSR count). The summed E-state index contributed by atoms with van der Waals surface area (Å²) >= 11 is 6.98. The van der Waals surface area contributed by atoms with Crippen molar-refractivity contribution in [3.8, 4) is 0 Å². The van der Waals surface area contributed by atoms with Gasteiger partial charge in [-0.2, -0.15) is 0 Å². The van der Waals surface area contributed by atoms with Gasteiger partial charge in [0, 0.05) is 14.5 Å². The van der Waals surface area contributed by atoms with E-state index >= 15 is 0 Å². The number of Topliss-reactive ketones (excluding diaryl/α,β-unsaturated/α-hetero) is 1. The summed E-state index contributed by atoms with van der Waals surface area (Å²) in [6.45, 7) is 2.77. The third-order valence-electron chi connectivity index (χ3n) is 2.51. The quantitative estimate of drug-likeness (QED) is 0.728. The molecule has 1 aliphatic heterocycles. The molecule has 0 fully saturated rings. The predicted molar refractivity (Wildman–Crippen MR) is 65.4 cm³/mol. The zero-order chi connectivity index (χ0) is 11.0. The Morgan fingerprint density at radius 2 is 2.13 bits per heavy atom. The highest BCUT2D eigenvalue weighted by Gasteiger charge is 2.22. The minimum Gasteiger partial charge on any atom is -0.373 e. The molecule has 0 atom stereocenters. The molecule has 0 aromatic heterocycles. The van der Waals surface area contributed by atoms with Crippen molar-refractivity contribution < 1.29 is 9.53 Å². The fourth-order valence-electron chi connectivity index (χ4n) is 1.74. The van der Waals surface area contributed by atoms with Crippen molar-refractivity contribution in [1.82, 2.24) is 0 Å². The number of fused-ring (bicyclic) bond motifs is 1. The van der Waals surface area contributed by atoms with Gasteiger partial charge in [-0.3, -0.25) is 4.79 Å². The van der Waals surface area contributed by atoms with E-state index in [4.69, 9.17) is 4.74 Å². The Morgan fingerprint density at radius 3 is 2.87 bits per heavy atom. The summed E-state index contributed by atoms with van der Waals surface area (Å²) in [5.41, 5.74) is 2.89. The highest BCUT2D eigenvalue weighted by molar-refractivity contribution is 9.11. The van der Waals surface area contributed by atoms with Crippen LogP contribution < -0.4 is 0 Å². The molecule has 1 heterocycles. The van der Waals surface area contributed by atoms with Gasteiger partial charge in [0.2, 0.25) is 0 Å². The zero-order valence-corrected chi connectivity index (χ0v) is 11.4. The van der Waals surface area contributed by atoms with Gasteiger partial charge < -0.3 is 4.74 Å². The van der Waals surface area contributed by atoms with Crippen molar-refractivity contribution in [1.29, 1.82) is 0 Å². The summed E-state index contributed by atoms with van der Waals surface area (Å²) in [5.74, 6) is 0.0544. The maximum Gasteiger partial charge on any atom is 0.189 e. The van der Waals surface area contributed by atoms with Crippen molar-refractivity contribution in [2.45, 2.75) is 13.3 Å². The van der Waals surface area contributed by atoms with Crippen LogP contribution in [-0.4, -0.2) is 19.0 Å². The van der Waals surface area contributed by atoms with Gasteiger partial charge in [0.05, 0.1) is 6.61 Å². The van der Waals surface area contributed by atoms with E-state index in [9.17, 15) is 4.79 Å². The predicted octanol–water partition coefficient (Wildman–Crippen LogP) is 3.28. The minimum atomic E-state index is 0.0544. The number of carbonyl (C=O) groups excluding carboxylic acids is 1. The lowest BCUT2D eigenvalue weighted by molar-refractivity contribution is 0.0788. The van der Waals surface area contributed by atoms with Crippen molar-refractivity contribution >= 4 is 37.6 Å². The molecule has 15 heavy (non-hydrogen) atoms. The molecule has 0 bridgehead atoms. The molecule has 0 unspecified atom stereocenters. The largest absolute Gasteiger partial charge is 0.373 e. The first-order valence-electron chi connectivity index (χ1n) is 4.69. The summed E-state index contributed by atoms with van der Waals surface area (Å²) < 4.78 is 7.14. The number of hydrogen-bond donors (Lipinski definition) is 0. The van der Waals surface area contributed by atoms with E-state index < -0.39 is 0 Å². The molecular weight excluding hydrogens is 324 g/mol. The molecular formula is C11H10Br2O2. The van der Waals surface area contributed by atoms with Crippen LogP contribution in [-0.2, 0) is 11.2 Å². The van der Waals surface area contributed by atoms with Gasteiger partial charge in [0.25, 0.3) is 0 Å². The van der Waals surface area contributed by atoms with Crippen LogP contribution in [0.4, 0.5) is 0 Å². The van der Waals surface area contributed by atoms with E-state index in [-0.39, 0.29) is 12.4 Å². The number of carbonyl (C=O) groups is 1. The smallest absolute Gasteiger partial charge is 0.189 e. The van der Waals surface area contributed by atoms with Gasteiger partial charge >= 0.3 is 0 Å². The van der Waals surface area contributed by atoms with Crippen LogP contribution in [0.25, 0.3) is 0 Å².